The number of ether oxygens (including phenoxy) is 1. The van der Waals surface area contributed by atoms with E-state index in [9.17, 15) is 8.78 Å². The Balaban J connectivity index is 0. The Morgan fingerprint density at radius 1 is 1.20 bits per heavy atom. The van der Waals surface area contributed by atoms with Crippen molar-refractivity contribution in [2.45, 2.75) is 41.2 Å². The van der Waals surface area contributed by atoms with Crippen LogP contribution in [0.3, 0.4) is 0 Å². The van der Waals surface area contributed by atoms with Crippen molar-refractivity contribution >= 4 is 0 Å². The maximum Gasteiger partial charge on any atom is 0.388 e. The van der Waals surface area contributed by atoms with Crippen LogP contribution in [0, 0.1) is 6.92 Å². The summed E-state index contributed by atoms with van der Waals surface area (Å²) in [5.41, 5.74) is 0.604. The molecule has 0 saturated heterocycles. The monoisotopic (exact) mass is 219 g/mol. The number of rotatable bonds is 2. The molecule has 0 aliphatic heterocycles. The van der Waals surface area contributed by atoms with E-state index in [1.165, 1.54) is 6.20 Å². The summed E-state index contributed by atoms with van der Waals surface area (Å²) in [5.74, 6) is -0.0116. The summed E-state index contributed by atoms with van der Waals surface area (Å²) in [5, 5.41) is 0. The van der Waals surface area contributed by atoms with E-state index in [2.05, 4.69) is 9.72 Å². The Bertz CT molecular complexity index is 242. The first-order chi connectivity index (χ1) is 7.20. The van der Waals surface area contributed by atoms with Gasteiger partial charge in [0.25, 0.3) is 0 Å². The molecule has 0 saturated carbocycles. The van der Waals surface area contributed by atoms with Crippen molar-refractivity contribution in [1.29, 1.82) is 0 Å². The van der Waals surface area contributed by atoms with Gasteiger partial charge in [-0.15, -0.1) is 0 Å². The number of hydrogen-bond acceptors (Lipinski definition) is 2. The summed E-state index contributed by atoms with van der Waals surface area (Å²) in [4.78, 5) is 3.62. The molecule has 1 aromatic heterocycles. The second-order valence-corrected chi connectivity index (χ2v) is 2.00. The molecular formula is C11H19F2NO. The van der Waals surface area contributed by atoms with Gasteiger partial charge in [0.2, 0.25) is 5.88 Å². The van der Waals surface area contributed by atoms with Gasteiger partial charge in [-0.1, -0.05) is 33.8 Å². The van der Waals surface area contributed by atoms with E-state index in [-0.39, 0.29) is 5.88 Å². The predicted octanol–water partition coefficient (Wildman–Crippen LogP) is 4.04. The average Bonchev–Trinajstić information content (AvgIpc) is 2.27. The highest BCUT2D eigenvalue weighted by atomic mass is 19.3. The first-order valence-corrected chi connectivity index (χ1v) is 5.06. The van der Waals surface area contributed by atoms with E-state index < -0.39 is 6.61 Å². The lowest BCUT2D eigenvalue weighted by Crippen LogP contribution is -2.04. The van der Waals surface area contributed by atoms with Crippen LogP contribution in [0.1, 0.15) is 33.3 Å². The summed E-state index contributed by atoms with van der Waals surface area (Å²) < 4.78 is 27.4. The van der Waals surface area contributed by atoms with Crippen LogP contribution in [-0.4, -0.2) is 11.6 Å². The molecule has 1 heterocycles. The Morgan fingerprint density at radius 3 is 2.13 bits per heavy atom. The quantitative estimate of drug-likeness (QED) is 0.748. The third kappa shape index (κ3) is 7.85. The van der Waals surface area contributed by atoms with Gasteiger partial charge in [0.15, 0.2) is 0 Å². The van der Waals surface area contributed by atoms with Crippen LogP contribution >= 0.6 is 0 Å². The SMILES string of the molecule is CC.CC.Cc1cccnc1OC(F)F. The summed E-state index contributed by atoms with van der Waals surface area (Å²) in [6.45, 7) is 6.86. The number of halogens is 2. The van der Waals surface area contributed by atoms with Crippen molar-refractivity contribution in [3.05, 3.63) is 23.9 Å². The number of aromatic nitrogens is 1. The van der Waals surface area contributed by atoms with Gasteiger partial charge in [-0.05, 0) is 13.0 Å². The highest BCUT2D eigenvalue weighted by molar-refractivity contribution is 5.23. The van der Waals surface area contributed by atoms with E-state index >= 15 is 0 Å². The van der Waals surface area contributed by atoms with Crippen molar-refractivity contribution in [3.63, 3.8) is 0 Å². The number of nitrogens with zero attached hydrogens (tertiary/aromatic N) is 1. The molecule has 1 aromatic rings. The molecule has 0 spiro atoms. The molecule has 88 valence electrons. The van der Waals surface area contributed by atoms with Crippen molar-refractivity contribution in [2.24, 2.45) is 0 Å². The van der Waals surface area contributed by atoms with Crippen molar-refractivity contribution in [1.82, 2.24) is 4.98 Å². The van der Waals surface area contributed by atoms with Gasteiger partial charge in [0.1, 0.15) is 0 Å². The fraction of sp³-hybridized carbons (Fsp3) is 0.545. The standard InChI is InChI=1S/C7H7F2NO.2C2H6/c1-5-3-2-4-10-6(5)11-7(8)9;2*1-2/h2-4,7H,1H3;2*1-2H3. The zero-order valence-corrected chi connectivity index (χ0v) is 9.92. The van der Waals surface area contributed by atoms with Gasteiger partial charge in [-0.2, -0.15) is 8.78 Å². The molecule has 0 unspecified atom stereocenters. The minimum atomic E-state index is -2.80. The van der Waals surface area contributed by atoms with Crippen LogP contribution < -0.4 is 4.74 Å². The number of alkyl halides is 2. The average molecular weight is 219 g/mol. The molecule has 1 rings (SSSR count). The van der Waals surface area contributed by atoms with Crippen LogP contribution in [0.4, 0.5) is 8.78 Å². The topological polar surface area (TPSA) is 22.1 Å². The summed E-state index contributed by atoms with van der Waals surface area (Å²) in [6.07, 6.45) is 1.41. The molecule has 4 heteroatoms. The second-order valence-electron chi connectivity index (χ2n) is 2.00. The minimum Gasteiger partial charge on any atom is -0.417 e. The fourth-order valence-corrected chi connectivity index (χ4v) is 0.679. The predicted molar refractivity (Wildman–Crippen MR) is 58.3 cm³/mol. The normalized spacial score (nSPS) is 8.27. The van der Waals surface area contributed by atoms with Crippen LogP contribution in [0.25, 0.3) is 0 Å². The van der Waals surface area contributed by atoms with Crippen molar-refractivity contribution < 1.29 is 13.5 Å². The Kier molecular flexibility index (Phi) is 11.8. The molecule has 0 atom stereocenters. The lowest BCUT2D eigenvalue weighted by Gasteiger charge is -2.04. The summed E-state index contributed by atoms with van der Waals surface area (Å²) in [6, 6.07) is 3.32. The largest absolute Gasteiger partial charge is 0.417 e. The smallest absolute Gasteiger partial charge is 0.388 e. The van der Waals surface area contributed by atoms with Gasteiger partial charge in [-0.25, -0.2) is 4.98 Å². The molecule has 0 N–H and O–H groups in total. The zero-order valence-electron chi connectivity index (χ0n) is 9.92. The van der Waals surface area contributed by atoms with E-state index in [4.69, 9.17) is 0 Å². The molecule has 0 fully saturated rings. The number of aryl methyl sites for hydroxylation is 1. The van der Waals surface area contributed by atoms with Gasteiger partial charge in [-0.3, -0.25) is 0 Å². The number of pyridine rings is 1. The molecule has 0 aromatic carbocycles. The molecule has 0 aliphatic carbocycles. The second kappa shape index (κ2) is 10.9. The third-order valence-corrected chi connectivity index (χ3v) is 1.16. The molecule has 0 aliphatic rings. The van der Waals surface area contributed by atoms with Crippen LogP contribution in [0.5, 0.6) is 5.88 Å². The summed E-state index contributed by atoms with van der Waals surface area (Å²) in [7, 11) is 0. The maximum atomic E-state index is 11.6. The molecule has 15 heavy (non-hydrogen) atoms. The third-order valence-electron chi connectivity index (χ3n) is 1.16. The van der Waals surface area contributed by atoms with Crippen molar-refractivity contribution in [2.75, 3.05) is 0 Å². The lowest BCUT2D eigenvalue weighted by molar-refractivity contribution is -0.0533. The molecule has 0 radical (unpaired) electrons. The molecular weight excluding hydrogens is 200 g/mol. The van der Waals surface area contributed by atoms with Crippen LogP contribution in [-0.2, 0) is 0 Å². The fourth-order valence-electron chi connectivity index (χ4n) is 0.679. The van der Waals surface area contributed by atoms with Crippen LogP contribution in [0.15, 0.2) is 18.3 Å². The Morgan fingerprint density at radius 2 is 1.73 bits per heavy atom. The first kappa shape index (κ1) is 16.2. The highest BCUT2D eigenvalue weighted by Gasteiger charge is 2.06. The van der Waals surface area contributed by atoms with E-state index in [0.29, 0.717) is 5.56 Å². The number of hydrogen-bond donors (Lipinski definition) is 0. The van der Waals surface area contributed by atoms with Gasteiger partial charge in [0.05, 0.1) is 0 Å². The first-order valence-electron chi connectivity index (χ1n) is 5.06. The highest BCUT2D eigenvalue weighted by Crippen LogP contribution is 2.14. The van der Waals surface area contributed by atoms with E-state index in [0.717, 1.165) is 0 Å². The van der Waals surface area contributed by atoms with Crippen molar-refractivity contribution in [3.8, 4) is 5.88 Å². The molecule has 2 nitrogen and oxygen atoms in total. The molecule has 0 amide bonds. The molecule has 0 bridgehead atoms. The Labute approximate surface area is 90.3 Å². The van der Waals surface area contributed by atoms with Gasteiger partial charge >= 0.3 is 6.61 Å². The zero-order chi connectivity index (χ0) is 12.3. The lowest BCUT2D eigenvalue weighted by atomic mass is 10.3. The van der Waals surface area contributed by atoms with Gasteiger partial charge < -0.3 is 4.74 Å². The van der Waals surface area contributed by atoms with E-state index in [1.54, 1.807) is 19.1 Å². The minimum absolute atomic E-state index is 0.0116. The van der Waals surface area contributed by atoms with Crippen LogP contribution in [0.2, 0.25) is 0 Å². The van der Waals surface area contributed by atoms with Gasteiger partial charge in [0, 0.05) is 11.8 Å². The summed E-state index contributed by atoms with van der Waals surface area (Å²) >= 11 is 0. The maximum absolute atomic E-state index is 11.6. The van der Waals surface area contributed by atoms with E-state index in [1.807, 2.05) is 27.7 Å². The Hall–Kier alpha value is -1.19.